The second-order valence-electron chi connectivity index (χ2n) is 4.82. The second-order valence-corrected chi connectivity index (χ2v) is 5.26. The molecular weight excluding hydrogens is 266 g/mol. The first-order valence-corrected chi connectivity index (χ1v) is 6.69. The van der Waals surface area contributed by atoms with E-state index in [0.717, 1.165) is 12.0 Å². The molecule has 1 aromatic rings. The molecule has 1 aliphatic rings. The Labute approximate surface area is 117 Å². The number of carboxylic acids is 1. The van der Waals surface area contributed by atoms with Crippen molar-refractivity contribution in [3.63, 3.8) is 0 Å². The molecule has 0 bridgehead atoms. The molecule has 4 nitrogen and oxygen atoms in total. The average molecular weight is 282 g/mol. The number of aliphatic carboxylic acids is 1. The summed E-state index contributed by atoms with van der Waals surface area (Å²) in [4.78, 5) is 24.7. The highest BCUT2D eigenvalue weighted by molar-refractivity contribution is 6.30. The Bertz CT molecular complexity index is 472. The molecule has 1 aliphatic heterocycles. The summed E-state index contributed by atoms with van der Waals surface area (Å²) in [6.07, 6.45) is 1.70. The van der Waals surface area contributed by atoms with Crippen LogP contribution in [0.5, 0.6) is 0 Å². The van der Waals surface area contributed by atoms with E-state index in [-0.39, 0.29) is 5.91 Å². The van der Waals surface area contributed by atoms with Crippen LogP contribution in [0.2, 0.25) is 5.02 Å². The Morgan fingerprint density at radius 1 is 1.32 bits per heavy atom. The zero-order valence-electron chi connectivity index (χ0n) is 10.5. The number of carbonyl (C=O) groups is 2. The summed E-state index contributed by atoms with van der Waals surface area (Å²) in [7, 11) is 0. The van der Waals surface area contributed by atoms with E-state index >= 15 is 0 Å². The average Bonchev–Trinajstić information content (AvgIpc) is 2.41. The van der Waals surface area contributed by atoms with Gasteiger partial charge in [0.1, 0.15) is 0 Å². The minimum atomic E-state index is -0.816. The first-order chi connectivity index (χ1) is 9.06. The summed E-state index contributed by atoms with van der Waals surface area (Å²) in [6.45, 7) is 0.970. The Hall–Kier alpha value is -1.55. The lowest BCUT2D eigenvalue weighted by Crippen LogP contribution is -2.42. The van der Waals surface area contributed by atoms with Gasteiger partial charge in [0, 0.05) is 18.1 Å². The topological polar surface area (TPSA) is 57.6 Å². The number of hydrogen-bond donors (Lipinski definition) is 1. The summed E-state index contributed by atoms with van der Waals surface area (Å²) < 4.78 is 0. The van der Waals surface area contributed by atoms with Crippen molar-refractivity contribution in [1.82, 2.24) is 4.90 Å². The number of carboxylic acid groups (broad SMARTS) is 1. The molecule has 0 spiro atoms. The minimum absolute atomic E-state index is 0.0201. The van der Waals surface area contributed by atoms with Crippen molar-refractivity contribution in [3.05, 3.63) is 34.9 Å². The molecule has 19 heavy (non-hydrogen) atoms. The molecule has 1 aromatic carbocycles. The number of rotatable bonds is 3. The molecule has 0 unspecified atom stereocenters. The van der Waals surface area contributed by atoms with Crippen LogP contribution in [-0.4, -0.2) is 35.0 Å². The standard InChI is InChI=1S/C14H16ClNO3/c15-12-5-3-10(4-6-12)8-13(17)16-7-1-2-11(9-16)14(18)19/h3-6,11H,1-2,7-9H2,(H,18,19)/t11-/m1/s1. The Kier molecular flexibility index (Phi) is 4.43. The van der Waals surface area contributed by atoms with E-state index < -0.39 is 11.9 Å². The van der Waals surface area contributed by atoms with Crippen LogP contribution in [0, 0.1) is 5.92 Å². The van der Waals surface area contributed by atoms with Gasteiger partial charge in [0.25, 0.3) is 0 Å². The minimum Gasteiger partial charge on any atom is -0.481 e. The second kappa shape index (κ2) is 6.06. The van der Waals surface area contributed by atoms with Crippen molar-refractivity contribution in [3.8, 4) is 0 Å². The van der Waals surface area contributed by atoms with E-state index in [1.165, 1.54) is 0 Å². The highest BCUT2D eigenvalue weighted by Crippen LogP contribution is 2.18. The number of benzene rings is 1. The van der Waals surface area contributed by atoms with Crippen LogP contribution in [0.1, 0.15) is 18.4 Å². The summed E-state index contributed by atoms with van der Waals surface area (Å²) in [5.74, 6) is -1.26. The van der Waals surface area contributed by atoms with E-state index in [2.05, 4.69) is 0 Å². The molecule has 1 amide bonds. The third kappa shape index (κ3) is 3.70. The lowest BCUT2D eigenvalue weighted by Gasteiger charge is -2.30. The van der Waals surface area contributed by atoms with Crippen LogP contribution in [-0.2, 0) is 16.0 Å². The molecule has 1 saturated heterocycles. The number of halogens is 1. The highest BCUT2D eigenvalue weighted by atomic mass is 35.5. The molecule has 0 aromatic heterocycles. The molecule has 1 heterocycles. The third-order valence-electron chi connectivity index (χ3n) is 3.39. The zero-order chi connectivity index (χ0) is 13.8. The number of hydrogen-bond acceptors (Lipinski definition) is 2. The van der Waals surface area contributed by atoms with E-state index in [1.807, 2.05) is 12.1 Å². The molecule has 1 N–H and O–H groups in total. The van der Waals surface area contributed by atoms with Gasteiger partial charge in [0.05, 0.1) is 12.3 Å². The zero-order valence-corrected chi connectivity index (χ0v) is 11.3. The van der Waals surface area contributed by atoms with Crippen LogP contribution in [0.3, 0.4) is 0 Å². The van der Waals surface area contributed by atoms with Gasteiger partial charge in [0.15, 0.2) is 0 Å². The van der Waals surface area contributed by atoms with Crippen LogP contribution in [0.25, 0.3) is 0 Å². The van der Waals surface area contributed by atoms with E-state index in [4.69, 9.17) is 16.7 Å². The van der Waals surface area contributed by atoms with Crippen molar-refractivity contribution in [1.29, 1.82) is 0 Å². The largest absolute Gasteiger partial charge is 0.481 e. The Balaban J connectivity index is 1.96. The van der Waals surface area contributed by atoms with E-state index in [0.29, 0.717) is 31.0 Å². The van der Waals surface area contributed by atoms with Gasteiger partial charge in [0.2, 0.25) is 5.91 Å². The van der Waals surface area contributed by atoms with Gasteiger partial charge < -0.3 is 10.0 Å². The maximum Gasteiger partial charge on any atom is 0.308 e. The van der Waals surface area contributed by atoms with E-state index in [1.54, 1.807) is 17.0 Å². The predicted octanol–water partition coefficient (Wildman–Crippen LogP) is 2.21. The molecule has 0 aliphatic carbocycles. The monoisotopic (exact) mass is 281 g/mol. The van der Waals surface area contributed by atoms with E-state index in [9.17, 15) is 9.59 Å². The fourth-order valence-corrected chi connectivity index (χ4v) is 2.42. The number of piperidine rings is 1. The Morgan fingerprint density at radius 3 is 2.63 bits per heavy atom. The maximum atomic E-state index is 12.1. The SMILES string of the molecule is O=C(O)[C@@H]1CCCN(C(=O)Cc2ccc(Cl)cc2)C1. The fraction of sp³-hybridized carbons (Fsp3) is 0.429. The van der Waals surface area contributed by atoms with Crippen molar-refractivity contribution < 1.29 is 14.7 Å². The summed E-state index contributed by atoms with van der Waals surface area (Å²) in [5, 5.41) is 9.64. The molecule has 0 radical (unpaired) electrons. The number of nitrogens with zero attached hydrogens (tertiary/aromatic N) is 1. The van der Waals surface area contributed by atoms with Crippen molar-refractivity contribution in [2.24, 2.45) is 5.92 Å². The van der Waals surface area contributed by atoms with Gasteiger partial charge in [-0.05, 0) is 30.5 Å². The van der Waals surface area contributed by atoms with Crippen LogP contribution in [0.4, 0.5) is 0 Å². The normalized spacial score (nSPS) is 19.2. The van der Waals surface area contributed by atoms with Gasteiger partial charge in [-0.1, -0.05) is 23.7 Å². The van der Waals surface area contributed by atoms with Crippen molar-refractivity contribution in [2.75, 3.05) is 13.1 Å². The summed E-state index contributed by atoms with van der Waals surface area (Å²) >= 11 is 5.79. The van der Waals surface area contributed by atoms with Gasteiger partial charge >= 0.3 is 5.97 Å². The molecule has 5 heteroatoms. The highest BCUT2D eigenvalue weighted by Gasteiger charge is 2.27. The lowest BCUT2D eigenvalue weighted by atomic mass is 9.97. The van der Waals surface area contributed by atoms with Gasteiger partial charge in [-0.15, -0.1) is 0 Å². The van der Waals surface area contributed by atoms with Gasteiger partial charge in [-0.3, -0.25) is 9.59 Å². The first kappa shape index (κ1) is 13.9. The number of likely N-dealkylation sites (tertiary alicyclic amines) is 1. The molecule has 0 saturated carbocycles. The van der Waals surface area contributed by atoms with Crippen LogP contribution in [0.15, 0.2) is 24.3 Å². The molecule has 2 rings (SSSR count). The quantitative estimate of drug-likeness (QED) is 0.924. The summed E-state index contributed by atoms with van der Waals surface area (Å²) in [6, 6.07) is 7.14. The molecule has 1 fully saturated rings. The smallest absolute Gasteiger partial charge is 0.308 e. The summed E-state index contributed by atoms with van der Waals surface area (Å²) in [5.41, 5.74) is 0.895. The lowest BCUT2D eigenvalue weighted by molar-refractivity contribution is -0.145. The molecule has 1 atom stereocenters. The predicted molar refractivity (Wildman–Crippen MR) is 72.1 cm³/mol. The molecular formula is C14H16ClNO3. The van der Waals surface area contributed by atoms with Crippen LogP contribution < -0.4 is 0 Å². The van der Waals surface area contributed by atoms with Crippen molar-refractivity contribution in [2.45, 2.75) is 19.3 Å². The van der Waals surface area contributed by atoms with Gasteiger partial charge in [-0.25, -0.2) is 0 Å². The van der Waals surface area contributed by atoms with Crippen LogP contribution >= 0.6 is 11.6 Å². The number of carbonyl (C=O) groups excluding carboxylic acids is 1. The fourth-order valence-electron chi connectivity index (χ4n) is 2.29. The third-order valence-corrected chi connectivity index (χ3v) is 3.64. The van der Waals surface area contributed by atoms with Gasteiger partial charge in [-0.2, -0.15) is 0 Å². The Morgan fingerprint density at radius 2 is 2.00 bits per heavy atom. The molecule has 102 valence electrons. The first-order valence-electron chi connectivity index (χ1n) is 6.31. The maximum absolute atomic E-state index is 12.1. The van der Waals surface area contributed by atoms with Crippen molar-refractivity contribution >= 4 is 23.5 Å². The number of amides is 1.